The maximum atomic E-state index is 5.83. The maximum Gasteiger partial charge on any atom is 0.0489 e. The fourth-order valence-electron chi connectivity index (χ4n) is 1.92. The first-order valence-electron chi connectivity index (χ1n) is 5.70. The van der Waals surface area contributed by atoms with Gasteiger partial charge in [0.25, 0.3) is 0 Å². The molecule has 0 atom stereocenters. The molecule has 0 aliphatic heterocycles. The molecule has 88 valence electrons. The van der Waals surface area contributed by atoms with Gasteiger partial charge < -0.3 is 0 Å². The van der Waals surface area contributed by atoms with E-state index in [-0.39, 0.29) is 0 Å². The van der Waals surface area contributed by atoms with E-state index in [0.29, 0.717) is 5.88 Å². The molecular weight excluding hydrogens is 230 g/mol. The third-order valence-corrected chi connectivity index (χ3v) is 3.52. The van der Waals surface area contributed by atoms with Gasteiger partial charge in [-0.15, -0.1) is 11.6 Å². The lowest BCUT2D eigenvalue weighted by molar-refractivity contribution is 1.23. The van der Waals surface area contributed by atoms with E-state index in [0.717, 1.165) is 11.1 Å². The van der Waals surface area contributed by atoms with Crippen molar-refractivity contribution in [1.82, 2.24) is 4.98 Å². The molecule has 1 nitrogen and oxygen atoms in total. The van der Waals surface area contributed by atoms with Gasteiger partial charge in [0.05, 0.1) is 0 Å². The van der Waals surface area contributed by atoms with Crippen LogP contribution in [0.4, 0.5) is 0 Å². The second-order valence-electron chi connectivity index (χ2n) is 4.45. The normalized spacial score (nSPS) is 10.6. The smallest absolute Gasteiger partial charge is 0.0489 e. The van der Waals surface area contributed by atoms with E-state index in [2.05, 4.69) is 44.0 Å². The number of hydrogen-bond donors (Lipinski definition) is 0. The first kappa shape index (κ1) is 12.1. The highest BCUT2D eigenvalue weighted by Gasteiger charge is 2.04. The Morgan fingerprint density at radius 2 is 1.59 bits per heavy atom. The fraction of sp³-hybridized carbons (Fsp3) is 0.267. The topological polar surface area (TPSA) is 12.9 Å². The summed E-state index contributed by atoms with van der Waals surface area (Å²) in [4.78, 5) is 4.23. The predicted octanol–water partition coefficient (Wildman–Crippen LogP) is 4.41. The van der Waals surface area contributed by atoms with E-state index in [1.807, 2.05) is 12.4 Å². The van der Waals surface area contributed by atoms with Crippen LogP contribution in [0.5, 0.6) is 0 Å². The lowest BCUT2D eigenvalue weighted by Gasteiger charge is -2.09. The zero-order valence-electron chi connectivity index (χ0n) is 10.4. The van der Waals surface area contributed by atoms with Crippen molar-refractivity contribution < 1.29 is 0 Å². The van der Waals surface area contributed by atoms with Crippen molar-refractivity contribution in [2.24, 2.45) is 0 Å². The Bertz CT molecular complexity index is 523. The Hall–Kier alpha value is -1.34. The Kier molecular flexibility index (Phi) is 3.49. The average Bonchev–Trinajstić information content (AvgIpc) is 2.35. The molecule has 0 unspecified atom stereocenters. The van der Waals surface area contributed by atoms with E-state index >= 15 is 0 Å². The van der Waals surface area contributed by atoms with Crippen LogP contribution in [0.2, 0.25) is 0 Å². The molecule has 1 heterocycles. The van der Waals surface area contributed by atoms with Gasteiger partial charge in [-0.2, -0.15) is 0 Å². The maximum absolute atomic E-state index is 5.83. The van der Waals surface area contributed by atoms with Crippen LogP contribution in [0.1, 0.15) is 22.3 Å². The van der Waals surface area contributed by atoms with Gasteiger partial charge in [0, 0.05) is 23.8 Å². The summed E-state index contributed by atoms with van der Waals surface area (Å²) in [5, 5.41) is 0. The summed E-state index contributed by atoms with van der Waals surface area (Å²) < 4.78 is 0. The Balaban J connectivity index is 2.52. The van der Waals surface area contributed by atoms with E-state index < -0.39 is 0 Å². The fourth-order valence-corrected chi connectivity index (χ4v) is 2.07. The van der Waals surface area contributed by atoms with Gasteiger partial charge in [0.2, 0.25) is 0 Å². The third kappa shape index (κ3) is 2.50. The van der Waals surface area contributed by atoms with Crippen molar-refractivity contribution in [3.8, 4) is 11.1 Å². The average molecular weight is 246 g/mol. The number of hydrogen-bond acceptors (Lipinski definition) is 1. The number of rotatable bonds is 2. The summed E-state index contributed by atoms with van der Waals surface area (Å²) in [6.45, 7) is 6.44. The highest BCUT2D eigenvalue weighted by Crippen LogP contribution is 2.25. The number of aromatic nitrogens is 1. The molecular formula is C15H16ClN. The van der Waals surface area contributed by atoms with Gasteiger partial charge in [-0.05, 0) is 54.7 Å². The standard InChI is InChI=1S/C15H16ClN/c1-10-4-14(5-11(2)12(10)3)15-6-13(7-16)8-17-9-15/h4-6,8-9H,7H2,1-3H3. The highest BCUT2D eigenvalue weighted by atomic mass is 35.5. The molecule has 0 radical (unpaired) electrons. The Morgan fingerprint density at radius 3 is 2.18 bits per heavy atom. The summed E-state index contributed by atoms with van der Waals surface area (Å²) in [7, 11) is 0. The Labute approximate surface area is 107 Å². The van der Waals surface area contributed by atoms with E-state index in [1.54, 1.807) is 0 Å². The van der Waals surface area contributed by atoms with Crippen LogP contribution in [0.3, 0.4) is 0 Å². The highest BCUT2D eigenvalue weighted by molar-refractivity contribution is 6.17. The summed E-state index contributed by atoms with van der Waals surface area (Å²) in [5.74, 6) is 0.505. The van der Waals surface area contributed by atoms with E-state index in [4.69, 9.17) is 11.6 Å². The van der Waals surface area contributed by atoms with Crippen molar-refractivity contribution in [2.75, 3.05) is 0 Å². The third-order valence-electron chi connectivity index (χ3n) is 3.21. The summed E-state index contributed by atoms with van der Waals surface area (Å²) in [6, 6.07) is 6.51. The van der Waals surface area contributed by atoms with Crippen LogP contribution < -0.4 is 0 Å². The molecule has 1 aromatic heterocycles. The van der Waals surface area contributed by atoms with Crippen LogP contribution in [-0.2, 0) is 5.88 Å². The molecule has 0 amide bonds. The number of pyridine rings is 1. The monoisotopic (exact) mass is 245 g/mol. The first-order valence-corrected chi connectivity index (χ1v) is 6.23. The largest absolute Gasteiger partial charge is 0.264 e. The lowest BCUT2D eigenvalue weighted by atomic mass is 9.97. The number of nitrogens with zero attached hydrogens (tertiary/aromatic N) is 1. The van der Waals surface area contributed by atoms with E-state index in [1.165, 1.54) is 22.3 Å². The molecule has 2 aromatic rings. The number of benzene rings is 1. The second-order valence-corrected chi connectivity index (χ2v) is 4.72. The number of alkyl halides is 1. The van der Waals surface area contributed by atoms with Gasteiger partial charge in [0.1, 0.15) is 0 Å². The summed E-state index contributed by atoms with van der Waals surface area (Å²) in [6.07, 6.45) is 3.70. The SMILES string of the molecule is Cc1cc(-c2cncc(CCl)c2)cc(C)c1C. The number of aryl methyl sites for hydroxylation is 2. The quantitative estimate of drug-likeness (QED) is 0.714. The van der Waals surface area contributed by atoms with Crippen LogP contribution in [-0.4, -0.2) is 4.98 Å². The van der Waals surface area contributed by atoms with Crippen molar-refractivity contribution in [2.45, 2.75) is 26.7 Å². The first-order chi connectivity index (χ1) is 8.11. The minimum absolute atomic E-state index is 0.505. The molecule has 0 N–H and O–H groups in total. The molecule has 2 heteroatoms. The van der Waals surface area contributed by atoms with Crippen molar-refractivity contribution in [3.05, 3.63) is 52.8 Å². The van der Waals surface area contributed by atoms with Gasteiger partial charge in [-0.3, -0.25) is 4.98 Å². The molecule has 0 aliphatic rings. The molecule has 0 aliphatic carbocycles. The van der Waals surface area contributed by atoms with Crippen LogP contribution >= 0.6 is 11.6 Å². The minimum Gasteiger partial charge on any atom is -0.264 e. The Morgan fingerprint density at radius 1 is 0.941 bits per heavy atom. The number of halogens is 1. The van der Waals surface area contributed by atoms with Crippen molar-refractivity contribution in [3.63, 3.8) is 0 Å². The van der Waals surface area contributed by atoms with Crippen molar-refractivity contribution in [1.29, 1.82) is 0 Å². The van der Waals surface area contributed by atoms with Crippen molar-refractivity contribution >= 4 is 11.6 Å². The molecule has 0 saturated heterocycles. The van der Waals surface area contributed by atoms with Gasteiger partial charge >= 0.3 is 0 Å². The van der Waals surface area contributed by atoms with Gasteiger partial charge in [0.15, 0.2) is 0 Å². The lowest BCUT2D eigenvalue weighted by Crippen LogP contribution is -1.90. The molecule has 17 heavy (non-hydrogen) atoms. The second kappa shape index (κ2) is 4.89. The van der Waals surface area contributed by atoms with Crippen LogP contribution in [0.15, 0.2) is 30.6 Å². The molecule has 1 aromatic carbocycles. The summed E-state index contributed by atoms with van der Waals surface area (Å²) in [5.41, 5.74) is 7.39. The van der Waals surface area contributed by atoms with Gasteiger partial charge in [-0.25, -0.2) is 0 Å². The summed E-state index contributed by atoms with van der Waals surface area (Å²) >= 11 is 5.83. The molecule has 0 fully saturated rings. The van der Waals surface area contributed by atoms with Gasteiger partial charge in [-0.1, -0.05) is 12.1 Å². The molecule has 2 rings (SSSR count). The molecule has 0 saturated carbocycles. The zero-order valence-corrected chi connectivity index (χ0v) is 11.2. The van der Waals surface area contributed by atoms with Crippen LogP contribution in [0, 0.1) is 20.8 Å². The van der Waals surface area contributed by atoms with Crippen LogP contribution in [0.25, 0.3) is 11.1 Å². The minimum atomic E-state index is 0.505. The molecule has 0 bridgehead atoms. The van der Waals surface area contributed by atoms with E-state index in [9.17, 15) is 0 Å². The predicted molar refractivity (Wildman–Crippen MR) is 73.4 cm³/mol. The zero-order chi connectivity index (χ0) is 12.4. The molecule has 0 spiro atoms.